The van der Waals surface area contributed by atoms with Crippen LogP contribution in [0.2, 0.25) is 0 Å². The number of fused-ring (bicyclic) bond motifs is 1. The first kappa shape index (κ1) is 20.8. The quantitative estimate of drug-likeness (QED) is 0.329. The Balaban J connectivity index is 1.81. The van der Waals surface area contributed by atoms with Crippen molar-refractivity contribution in [2.45, 2.75) is 5.54 Å². The predicted octanol–water partition coefficient (Wildman–Crippen LogP) is 5.92. The van der Waals surface area contributed by atoms with E-state index in [2.05, 4.69) is 77.8 Å². The van der Waals surface area contributed by atoms with Gasteiger partial charge < -0.3 is 5.73 Å². The minimum atomic E-state index is -0.796. The lowest BCUT2D eigenvalue weighted by Gasteiger charge is -2.36. The summed E-state index contributed by atoms with van der Waals surface area (Å²) in [4.78, 5) is 9.06. The van der Waals surface area contributed by atoms with E-state index in [9.17, 15) is 0 Å². The summed E-state index contributed by atoms with van der Waals surface area (Å²) in [5.41, 5.74) is 11.3. The number of anilines is 1. The highest BCUT2D eigenvalue weighted by Gasteiger charge is 2.41. The van der Waals surface area contributed by atoms with E-state index in [1.54, 1.807) is 0 Å². The molecule has 4 aromatic carbocycles. The molecule has 35 heavy (non-hydrogen) atoms. The van der Waals surface area contributed by atoms with Crippen LogP contribution in [-0.2, 0) is 5.54 Å². The molecule has 0 aliphatic heterocycles. The molecule has 0 saturated carbocycles. The first-order chi connectivity index (χ1) is 17.3. The molecule has 0 amide bonds. The second kappa shape index (κ2) is 8.54. The third kappa shape index (κ3) is 3.28. The van der Waals surface area contributed by atoms with Crippen LogP contribution in [0.3, 0.4) is 0 Å². The van der Waals surface area contributed by atoms with E-state index in [0.717, 1.165) is 33.3 Å². The van der Waals surface area contributed by atoms with Gasteiger partial charge in [0.25, 0.3) is 0 Å². The van der Waals surface area contributed by atoms with E-state index in [1.807, 2.05) is 53.2 Å². The van der Waals surface area contributed by atoms with Crippen LogP contribution in [0.15, 0.2) is 128 Å². The molecular weight excluding hydrogens is 430 g/mol. The Morgan fingerprint density at radius 2 is 1.03 bits per heavy atom. The van der Waals surface area contributed by atoms with Crippen LogP contribution in [-0.4, -0.2) is 19.7 Å². The van der Waals surface area contributed by atoms with Crippen LogP contribution in [0.5, 0.6) is 0 Å². The molecule has 0 radical (unpaired) electrons. The zero-order chi connectivity index (χ0) is 23.7. The SMILES string of the molecule is Nc1ncnc2c1c(-c1ccccc1)nn2C(c1ccccc1)(c1ccccc1)c1ccccc1. The molecule has 5 heteroatoms. The smallest absolute Gasteiger partial charge is 0.165 e. The molecule has 2 N–H and O–H groups in total. The Labute approximate surface area is 203 Å². The average Bonchev–Trinajstić information content (AvgIpc) is 3.33. The van der Waals surface area contributed by atoms with Gasteiger partial charge in [0.2, 0.25) is 0 Å². The Morgan fingerprint density at radius 1 is 0.571 bits per heavy atom. The first-order valence-electron chi connectivity index (χ1n) is 11.5. The number of nitrogen functional groups attached to an aromatic ring is 1. The summed E-state index contributed by atoms with van der Waals surface area (Å²) in [6.07, 6.45) is 1.51. The second-order valence-corrected chi connectivity index (χ2v) is 8.39. The van der Waals surface area contributed by atoms with Gasteiger partial charge in [-0.25, -0.2) is 14.6 Å². The molecular formula is C30H23N5. The van der Waals surface area contributed by atoms with Gasteiger partial charge in [-0.15, -0.1) is 0 Å². The molecule has 168 valence electrons. The lowest BCUT2D eigenvalue weighted by Crippen LogP contribution is -2.38. The van der Waals surface area contributed by atoms with Gasteiger partial charge in [0.05, 0.1) is 5.39 Å². The van der Waals surface area contributed by atoms with Crippen molar-refractivity contribution >= 4 is 16.9 Å². The zero-order valence-electron chi connectivity index (χ0n) is 19.0. The normalized spacial score (nSPS) is 11.5. The molecule has 5 nitrogen and oxygen atoms in total. The molecule has 0 fully saturated rings. The highest BCUT2D eigenvalue weighted by Crippen LogP contribution is 2.44. The maximum atomic E-state index is 6.46. The topological polar surface area (TPSA) is 69.6 Å². The fourth-order valence-electron chi connectivity index (χ4n) is 4.91. The Kier molecular flexibility index (Phi) is 5.08. The molecule has 0 atom stereocenters. The Morgan fingerprint density at radius 3 is 1.51 bits per heavy atom. The van der Waals surface area contributed by atoms with E-state index in [1.165, 1.54) is 6.33 Å². The maximum absolute atomic E-state index is 6.46. The van der Waals surface area contributed by atoms with Crippen LogP contribution in [0, 0.1) is 0 Å². The molecule has 2 heterocycles. The summed E-state index contributed by atoms with van der Waals surface area (Å²) in [5, 5.41) is 6.00. The van der Waals surface area contributed by atoms with Gasteiger partial charge in [-0.2, -0.15) is 5.10 Å². The van der Waals surface area contributed by atoms with E-state index in [-0.39, 0.29) is 0 Å². The fourth-order valence-corrected chi connectivity index (χ4v) is 4.91. The van der Waals surface area contributed by atoms with Crippen LogP contribution < -0.4 is 5.73 Å². The molecule has 0 spiro atoms. The summed E-state index contributed by atoms with van der Waals surface area (Å²) in [6, 6.07) is 41.3. The average molecular weight is 454 g/mol. The van der Waals surface area contributed by atoms with Crippen LogP contribution >= 0.6 is 0 Å². The molecule has 0 aliphatic rings. The molecule has 6 aromatic rings. The number of hydrogen-bond acceptors (Lipinski definition) is 4. The third-order valence-electron chi connectivity index (χ3n) is 6.43. The van der Waals surface area contributed by atoms with Crippen LogP contribution in [0.1, 0.15) is 16.7 Å². The van der Waals surface area contributed by atoms with Gasteiger partial charge in [-0.05, 0) is 16.7 Å². The Hall–Kier alpha value is -4.77. The fraction of sp³-hybridized carbons (Fsp3) is 0.0333. The summed E-state index contributed by atoms with van der Waals surface area (Å²) in [5.74, 6) is 0.406. The van der Waals surface area contributed by atoms with Crippen molar-refractivity contribution in [2.24, 2.45) is 0 Å². The van der Waals surface area contributed by atoms with E-state index >= 15 is 0 Å². The van der Waals surface area contributed by atoms with Gasteiger partial charge in [-0.3, -0.25) is 0 Å². The van der Waals surface area contributed by atoms with Crippen molar-refractivity contribution in [1.29, 1.82) is 0 Å². The second-order valence-electron chi connectivity index (χ2n) is 8.39. The van der Waals surface area contributed by atoms with E-state index < -0.39 is 5.54 Å². The van der Waals surface area contributed by atoms with Crippen molar-refractivity contribution < 1.29 is 0 Å². The first-order valence-corrected chi connectivity index (χ1v) is 11.5. The minimum absolute atomic E-state index is 0.406. The lowest BCUT2D eigenvalue weighted by atomic mass is 9.77. The van der Waals surface area contributed by atoms with Crippen molar-refractivity contribution in [3.05, 3.63) is 144 Å². The summed E-state index contributed by atoms with van der Waals surface area (Å²) in [6.45, 7) is 0. The van der Waals surface area contributed by atoms with Crippen molar-refractivity contribution in [1.82, 2.24) is 19.7 Å². The van der Waals surface area contributed by atoms with Gasteiger partial charge in [0, 0.05) is 5.56 Å². The molecule has 2 aromatic heterocycles. The zero-order valence-corrected chi connectivity index (χ0v) is 19.0. The largest absolute Gasteiger partial charge is 0.383 e. The van der Waals surface area contributed by atoms with Crippen LogP contribution in [0.25, 0.3) is 22.3 Å². The number of aromatic nitrogens is 4. The van der Waals surface area contributed by atoms with Crippen molar-refractivity contribution in [3.8, 4) is 11.3 Å². The standard InChI is InChI=1S/C30H23N5/c31-28-26-27(22-13-5-1-6-14-22)34-35(29(26)33-21-32-28)30(23-15-7-2-8-16-23,24-17-9-3-10-18-24)25-19-11-4-12-20-25/h1-21H,(H2,31,32,33). The molecule has 0 bridgehead atoms. The number of benzene rings is 4. The minimum Gasteiger partial charge on any atom is -0.383 e. The molecule has 6 rings (SSSR count). The van der Waals surface area contributed by atoms with Crippen molar-refractivity contribution in [2.75, 3.05) is 5.73 Å². The van der Waals surface area contributed by atoms with Crippen molar-refractivity contribution in [3.63, 3.8) is 0 Å². The van der Waals surface area contributed by atoms with Gasteiger partial charge in [0.1, 0.15) is 23.4 Å². The lowest BCUT2D eigenvalue weighted by molar-refractivity contribution is 0.473. The summed E-state index contributed by atoms with van der Waals surface area (Å²) in [7, 11) is 0. The van der Waals surface area contributed by atoms with Gasteiger partial charge >= 0.3 is 0 Å². The highest BCUT2D eigenvalue weighted by atomic mass is 15.4. The van der Waals surface area contributed by atoms with E-state index in [0.29, 0.717) is 11.5 Å². The van der Waals surface area contributed by atoms with E-state index in [4.69, 9.17) is 15.8 Å². The summed E-state index contributed by atoms with van der Waals surface area (Å²) >= 11 is 0. The summed E-state index contributed by atoms with van der Waals surface area (Å²) < 4.78 is 2.02. The van der Waals surface area contributed by atoms with Gasteiger partial charge in [-0.1, -0.05) is 121 Å². The predicted molar refractivity (Wildman–Crippen MR) is 140 cm³/mol. The van der Waals surface area contributed by atoms with Gasteiger partial charge in [0.15, 0.2) is 5.65 Å². The maximum Gasteiger partial charge on any atom is 0.165 e. The highest BCUT2D eigenvalue weighted by molar-refractivity contribution is 5.98. The molecule has 0 saturated heterocycles. The number of nitrogens with zero attached hydrogens (tertiary/aromatic N) is 4. The number of nitrogens with two attached hydrogens (primary N) is 1. The third-order valence-corrected chi connectivity index (χ3v) is 6.43. The molecule has 0 unspecified atom stereocenters. The number of hydrogen-bond donors (Lipinski definition) is 1. The number of rotatable bonds is 5. The Bertz CT molecular complexity index is 1480. The molecule has 0 aliphatic carbocycles. The van der Waals surface area contributed by atoms with Crippen LogP contribution in [0.4, 0.5) is 5.82 Å². The monoisotopic (exact) mass is 453 g/mol.